The highest BCUT2D eigenvalue weighted by Gasteiger charge is 2.27. The van der Waals surface area contributed by atoms with Crippen molar-refractivity contribution in [1.82, 2.24) is 0 Å². The average molecular weight is 240 g/mol. The van der Waals surface area contributed by atoms with Gasteiger partial charge in [-0.3, -0.25) is 0 Å². The van der Waals surface area contributed by atoms with Crippen molar-refractivity contribution in [2.75, 3.05) is 0 Å². The Morgan fingerprint density at radius 3 is 1.53 bits per heavy atom. The smallest absolute Gasteiger partial charge is 0.0379 e. The molecular formula is C17H36. The fraction of sp³-hybridized carbons (Fsp3) is 1.00. The molecule has 17 heavy (non-hydrogen) atoms. The lowest BCUT2D eigenvalue weighted by molar-refractivity contribution is 0.161. The summed E-state index contributed by atoms with van der Waals surface area (Å²) < 4.78 is 0. The zero-order valence-electron chi connectivity index (χ0n) is 13.7. The molecule has 0 fully saturated rings. The van der Waals surface area contributed by atoms with Crippen LogP contribution in [-0.4, -0.2) is 0 Å². The summed E-state index contributed by atoms with van der Waals surface area (Å²) in [5, 5.41) is 0. The lowest BCUT2D eigenvalue weighted by Crippen LogP contribution is -2.24. The molecule has 104 valence electrons. The second-order valence-corrected chi connectivity index (χ2v) is 8.41. The molecule has 0 aromatic rings. The van der Waals surface area contributed by atoms with Gasteiger partial charge in [-0.2, -0.15) is 0 Å². The van der Waals surface area contributed by atoms with Crippen molar-refractivity contribution < 1.29 is 0 Å². The van der Waals surface area contributed by atoms with Crippen molar-refractivity contribution in [3.05, 3.63) is 0 Å². The minimum atomic E-state index is 0.469. The topological polar surface area (TPSA) is 0 Å². The second kappa shape index (κ2) is 6.81. The van der Waals surface area contributed by atoms with E-state index in [1.165, 1.54) is 32.1 Å². The molecule has 0 aromatic heterocycles. The van der Waals surface area contributed by atoms with E-state index in [2.05, 4.69) is 55.4 Å². The Morgan fingerprint density at radius 1 is 0.824 bits per heavy atom. The molecule has 0 radical (unpaired) electrons. The standard InChI is InChI=1S/C17H36/c1-9-10-11-14(2)15(12-16(3,4)5)13-17(6,7)8/h14-15H,9-13H2,1-8H3. The Hall–Kier alpha value is 0. The van der Waals surface area contributed by atoms with Crippen LogP contribution in [0.25, 0.3) is 0 Å². The van der Waals surface area contributed by atoms with E-state index in [0.717, 1.165) is 11.8 Å². The molecule has 0 heterocycles. The van der Waals surface area contributed by atoms with Gasteiger partial charge in [0.05, 0.1) is 0 Å². The van der Waals surface area contributed by atoms with Crippen LogP contribution in [0.1, 0.15) is 87.5 Å². The van der Waals surface area contributed by atoms with Crippen LogP contribution in [0.15, 0.2) is 0 Å². The molecule has 0 rings (SSSR count). The van der Waals surface area contributed by atoms with Crippen LogP contribution in [-0.2, 0) is 0 Å². The van der Waals surface area contributed by atoms with E-state index < -0.39 is 0 Å². The number of rotatable bonds is 6. The molecule has 0 saturated carbocycles. The van der Waals surface area contributed by atoms with Crippen LogP contribution < -0.4 is 0 Å². The third kappa shape index (κ3) is 9.68. The highest BCUT2D eigenvalue weighted by Crippen LogP contribution is 2.38. The lowest BCUT2D eigenvalue weighted by atomic mass is 9.71. The summed E-state index contributed by atoms with van der Waals surface area (Å²) >= 11 is 0. The molecule has 0 aromatic carbocycles. The molecule has 0 saturated heterocycles. The van der Waals surface area contributed by atoms with E-state index in [1.807, 2.05) is 0 Å². The number of hydrogen-bond acceptors (Lipinski definition) is 0. The molecular weight excluding hydrogens is 204 g/mol. The Kier molecular flexibility index (Phi) is 6.81. The fourth-order valence-corrected chi connectivity index (χ4v) is 2.81. The summed E-state index contributed by atoms with van der Waals surface area (Å²) in [5.74, 6) is 1.77. The van der Waals surface area contributed by atoms with Crippen molar-refractivity contribution >= 4 is 0 Å². The SMILES string of the molecule is CCCCC(C)C(CC(C)(C)C)CC(C)(C)C. The van der Waals surface area contributed by atoms with Gasteiger partial charge in [0.25, 0.3) is 0 Å². The Bertz CT molecular complexity index is 173. The summed E-state index contributed by atoms with van der Waals surface area (Å²) in [7, 11) is 0. The highest BCUT2D eigenvalue weighted by atomic mass is 14.3. The average Bonchev–Trinajstić information content (AvgIpc) is 2.08. The largest absolute Gasteiger partial charge is 0.0654 e. The maximum absolute atomic E-state index is 2.47. The molecule has 0 aliphatic rings. The first-order valence-electron chi connectivity index (χ1n) is 7.55. The van der Waals surface area contributed by atoms with Crippen LogP contribution in [0.2, 0.25) is 0 Å². The molecule has 1 atom stereocenters. The third-order valence-corrected chi connectivity index (χ3v) is 3.57. The van der Waals surface area contributed by atoms with E-state index in [9.17, 15) is 0 Å². The quantitative estimate of drug-likeness (QED) is 0.511. The molecule has 0 aliphatic heterocycles. The van der Waals surface area contributed by atoms with Gasteiger partial charge in [0.1, 0.15) is 0 Å². The van der Waals surface area contributed by atoms with Gasteiger partial charge in [-0.1, -0.05) is 74.7 Å². The van der Waals surface area contributed by atoms with Crippen LogP contribution in [0, 0.1) is 22.7 Å². The molecule has 0 heteroatoms. The summed E-state index contributed by atoms with van der Waals surface area (Å²) in [6.45, 7) is 19.1. The summed E-state index contributed by atoms with van der Waals surface area (Å²) in [6.07, 6.45) is 6.88. The zero-order chi connectivity index (χ0) is 13.7. The summed E-state index contributed by atoms with van der Waals surface area (Å²) in [6, 6.07) is 0. The maximum atomic E-state index is 2.47. The first-order valence-corrected chi connectivity index (χ1v) is 7.55. The van der Waals surface area contributed by atoms with Crippen molar-refractivity contribution in [2.45, 2.75) is 87.5 Å². The predicted octanol–water partition coefficient (Wildman–Crippen LogP) is 6.30. The Balaban J connectivity index is 4.49. The van der Waals surface area contributed by atoms with E-state index in [0.29, 0.717) is 10.8 Å². The van der Waals surface area contributed by atoms with Crippen molar-refractivity contribution in [3.8, 4) is 0 Å². The fourth-order valence-electron chi connectivity index (χ4n) is 2.81. The van der Waals surface area contributed by atoms with Gasteiger partial charge in [0.15, 0.2) is 0 Å². The molecule has 0 bridgehead atoms. The molecule has 1 unspecified atom stereocenters. The Morgan fingerprint density at radius 2 is 1.24 bits per heavy atom. The minimum Gasteiger partial charge on any atom is -0.0654 e. The van der Waals surface area contributed by atoms with E-state index >= 15 is 0 Å². The van der Waals surface area contributed by atoms with Gasteiger partial charge in [-0.25, -0.2) is 0 Å². The van der Waals surface area contributed by atoms with Crippen LogP contribution in [0.4, 0.5) is 0 Å². The van der Waals surface area contributed by atoms with Gasteiger partial charge in [0.2, 0.25) is 0 Å². The lowest BCUT2D eigenvalue weighted by Gasteiger charge is -2.35. The van der Waals surface area contributed by atoms with Crippen molar-refractivity contribution in [3.63, 3.8) is 0 Å². The number of unbranched alkanes of at least 4 members (excludes halogenated alkanes) is 1. The molecule has 0 nitrogen and oxygen atoms in total. The summed E-state index contributed by atoms with van der Waals surface area (Å²) in [4.78, 5) is 0. The van der Waals surface area contributed by atoms with Gasteiger partial charge < -0.3 is 0 Å². The Labute approximate surface area is 111 Å². The highest BCUT2D eigenvalue weighted by molar-refractivity contribution is 4.78. The van der Waals surface area contributed by atoms with Crippen molar-refractivity contribution in [2.24, 2.45) is 22.7 Å². The third-order valence-electron chi connectivity index (χ3n) is 3.57. The summed E-state index contributed by atoms with van der Waals surface area (Å²) in [5.41, 5.74) is 0.937. The molecule has 0 spiro atoms. The van der Waals surface area contributed by atoms with Crippen molar-refractivity contribution in [1.29, 1.82) is 0 Å². The maximum Gasteiger partial charge on any atom is -0.0379 e. The first-order chi connectivity index (χ1) is 7.55. The van der Waals surface area contributed by atoms with Gasteiger partial charge in [-0.15, -0.1) is 0 Å². The molecule has 0 amide bonds. The predicted molar refractivity (Wildman–Crippen MR) is 80.3 cm³/mol. The van der Waals surface area contributed by atoms with Gasteiger partial charge in [-0.05, 0) is 35.5 Å². The van der Waals surface area contributed by atoms with Gasteiger partial charge in [0, 0.05) is 0 Å². The van der Waals surface area contributed by atoms with E-state index in [1.54, 1.807) is 0 Å². The number of hydrogen-bond donors (Lipinski definition) is 0. The molecule has 0 aliphatic carbocycles. The van der Waals surface area contributed by atoms with E-state index in [-0.39, 0.29) is 0 Å². The molecule has 0 N–H and O–H groups in total. The normalized spacial score (nSPS) is 15.4. The first kappa shape index (κ1) is 17.0. The monoisotopic (exact) mass is 240 g/mol. The van der Waals surface area contributed by atoms with Crippen LogP contribution in [0.5, 0.6) is 0 Å². The van der Waals surface area contributed by atoms with Crippen LogP contribution in [0.3, 0.4) is 0 Å². The van der Waals surface area contributed by atoms with Crippen LogP contribution >= 0.6 is 0 Å². The van der Waals surface area contributed by atoms with E-state index in [4.69, 9.17) is 0 Å². The minimum absolute atomic E-state index is 0.469. The van der Waals surface area contributed by atoms with Gasteiger partial charge >= 0.3 is 0 Å². The second-order valence-electron chi connectivity index (χ2n) is 8.41. The zero-order valence-corrected chi connectivity index (χ0v) is 13.7.